The number of carbonyl (C=O) groups excluding carboxylic acids is 1. The van der Waals surface area contributed by atoms with Gasteiger partial charge in [-0.15, -0.1) is 11.6 Å². The molecule has 3 aromatic rings. The largest absolute Gasteiger partial charge is 0.377 e. The van der Waals surface area contributed by atoms with Crippen LogP contribution in [-0.2, 0) is 0 Å². The van der Waals surface area contributed by atoms with Crippen molar-refractivity contribution in [2.24, 2.45) is 0 Å². The summed E-state index contributed by atoms with van der Waals surface area (Å²) in [6.45, 7) is 2.99. The van der Waals surface area contributed by atoms with E-state index in [1.807, 2.05) is 36.5 Å². The van der Waals surface area contributed by atoms with E-state index in [1.54, 1.807) is 18.2 Å². The first-order valence-electron chi connectivity index (χ1n) is 8.64. The van der Waals surface area contributed by atoms with E-state index in [4.69, 9.17) is 0 Å². The highest BCUT2D eigenvalue weighted by atomic mass is 35.5. The third-order valence-corrected chi connectivity index (χ3v) is 4.16. The third kappa shape index (κ3) is 4.23. The number of nitrogens with zero attached hydrogens (tertiary/aromatic N) is 1. The Morgan fingerprint density at radius 1 is 1.15 bits per heavy atom. The molecule has 0 saturated heterocycles. The first kappa shape index (κ1) is 18.8. The lowest BCUT2D eigenvalue weighted by Gasteiger charge is -2.23. The fourth-order valence-electron chi connectivity index (χ4n) is 2.90. The fraction of sp³-hybridized carbons (Fsp3) is 0.200. The topological polar surface area (TPSA) is 81.8 Å². The van der Waals surface area contributed by atoms with Gasteiger partial charge in [-0.05, 0) is 31.2 Å². The summed E-state index contributed by atoms with van der Waals surface area (Å²) in [6.07, 6.45) is 3.40. The molecule has 0 radical (unpaired) electrons. The number of alkyl halides is 1. The van der Waals surface area contributed by atoms with Gasteiger partial charge in [0, 0.05) is 36.3 Å². The molecule has 1 aromatic carbocycles. The summed E-state index contributed by atoms with van der Waals surface area (Å²) >= 11 is 4.64. The zero-order valence-corrected chi connectivity index (χ0v) is 16.0. The molecule has 1 atom stereocenters. The number of benzene rings is 1. The molecule has 7 heteroatoms. The van der Waals surface area contributed by atoms with Crippen LogP contribution in [0.1, 0.15) is 17.3 Å². The number of H-pyrrole nitrogens is 1. The number of rotatable bonds is 3. The molecule has 0 saturated carbocycles. The number of halogens is 1. The van der Waals surface area contributed by atoms with Gasteiger partial charge in [0.05, 0.1) is 11.4 Å². The van der Waals surface area contributed by atoms with E-state index >= 15 is 0 Å². The number of nitrogens with one attached hydrogen (secondary N) is 4. The Morgan fingerprint density at radius 3 is 2.70 bits per heavy atom. The van der Waals surface area contributed by atoms with E-state index in [9.17, 15) is 4.79 Å². The van der Waals surface area contributed by atoms with Crippen LogP contribution in [0.4, 0.5) is 17.3 Å². The predicted octanol–water partition coefficient (Wildman–Crippen LogP) is 4.41. The lowest BCUT2D eigenvalue weighted by Crippen LogP contribution is -2.29. The summed E-state index contributed by atoms with van der Waals surface area (Å²) in [5, 5.41) is 9.68. The smallest absolute Gasteiger partial charge is 0.256 e. The van der Waals surface area contributed by atoms with Gasteiger partial charge in [-0.2, -0.15) is 0 Å². The Morgan fingerprint density at radius 2 is 1.93 bits per heavy atom. The molecule has 1 amide bonds. The van der Waals surface area contributed by atoms with Crippen molar-refractivity contribution in [1.29, 1.82) is 0 Å². The Labute approximate surface area is 163 Å². The van der Waals surface area contributed by atoms with E-state index in [-0.39, 0.29) is 5.91 Å². The number of aromatic nitrogens is 2. The Bertz CT molecular complexity index is 910. The SMILES string of the molecule is CC1CNc2[nH]cc(-c3cccc(NC(=O)c4ccccc4)n3)c2N1.CCl. The Balaban J connectivity index is 0.00000102. The van der Waals surface area contributed by atoms with Gasteiger partial charge in [-0.25, -0.2) is 4.98 Å². The van der Waals surface area contributed by atoms with Crippen LogP contribution in [0.25, 0.3) is 11.3 Å². The molecule has 0 bridgehead atoms. The number of pyridine rings is 1. The molecule has 6 nitrogen and oxygen atoms in total. The molecule has 1 aliphatic rings. The molecule has 0 aliphatic carbocycles. The number of hydrogen-bond acceptors (Lipinski definition) is 4. The minimum Gasteiger partial charge on any atom is -0.377 e. The molecule has 140 valence electrons. The van der Waals surface area contributed by atoms with Gasteiger partial charge in [0.15, 0.2) is 0 Å². The number of carbonyl (C=O) groups is 1. The monoisotopic (exact) mass is 383 g/mol. The highest BCUT2D eigenvalue weighted by Gasteiger charge is 2.20. The summed E-state index contributed by atoms with van der Waals surface area (Å²) < 4.78 is 0. The highest BCUT2D eigenvalue weighted by molar-refractivity contribution is 6.15. The first-order chi connectivity index (χ1) is 13.2. The molecule has 0 spiro atoms. The van der Waals surface area contributed by atoms with Crippen molar-refractivity contribution in [3.63, 3.8) is 0 Å². The maximum absolute atomic E-state index is 12.3. The Kier molecular flexibility index (Phi) is 5.98. The quantitative estimate of drug-likeness (QED) is 0.505. The van der Waals surface area contributed by atoms with Gasteiger partial charge in [0.1, 0.15) is 11.6 Å². The predicted molar refractivity (Wildman–Crippen MR) is 112 cm³/mol. The lowest BCUT2D eigenvalue weighted by molar-refractivity contribution is 0.102. The normalized spacial score (nSPS) is 14.7. The average molecular weight is 384 g/mol. The van der Waals surface area contributed by atoms with Gasteiger partial charge in [-0.1, -0.05) is 24.3 Å². The van der Waals surface area contributed by atoms with Crippen LogP contribution in [-0.4, -0.2) is 34.8 Å². The minimum atomic E-state index is -0.172. The Hall–Kier alpha value is -2.99. The van der Waals surface area contributed by atoms with Crippen molar-refractivity contribution in [3.05, 3.63) is 60.3 Å². The molecule has 1 aliphatic heterocycles. The van der Waals surface area contributed by atoms with Crippen molar-refractivity contribution >= 4 is 34.8 Å². The molecule has 4 N–H and O–H groups in total. The molecule has 2 aromatic heterocycles. The van der Waals surface area contributed by atoms with Crippen molar-refractivity contribution in [3.8, 4) is 11.3 Å². The molecular weight excluding hydrogens is 362 g/mol. The van der Waals surface area contributed by atoms with Crippen molar-refractivity contribution in [1.82, 2.24) is 9.97 Å². The van der Waals surface area contributed by atoms with E-state index in [0.29, 0.717) is 17.4 Å². The van der Waals surface area contributed by atoms with Crippen LogP contribution in [0, 0.1) is 0 Å². The van der Waals surface area contributed by atoms with Crippen LogP contribution in [0.3, 0.4) is 0 Å². The van der Waals surface area contributed by atoms with Crippen molar-refractivity contribution in [2.45, 2.75) is 13.0 Å². The summed E-state index contributed by atoms with van der Waals surface area (Å²) in [4.78, 5) is 20.1. The molecule has 4 rings (SSSR count). The minimum absolute atomic E-state index is 0.172. The van der Waals surface area contributed by atoms with Crippen molar-refractivity contribution in [2.75, 3.05) is 28.9 Å². The lowest BCUT2D eigenvalue weighted by atomic mass is 10.1. The van der Waals surface area contributed by atoms with E-state index in [2.05, 4.69) is 44.4 Å². The average Bonchev–Trinajstić information content (AvgIpc) is 3.13. The van der Waals surface area contributed by atoms with Crippen LogP contribution >= 0.6 is 11.6 Å². The van der Waals surface area contributed by atoms with E-state index < -0.39 is 0 Å². The highest BCUT2D eigenvalue weighted by Crippen LogP contribution is 2.36. The number of amides is 1. The van der Waals surface area contributed by atoms with Gasteiger partial charge in [0.25, 0.3) is 5.91 Å². The summed E-state index contributed by atoms with van der Waals surface area (Å²) in [7, 11) is 0. The van der Waals surface area contributed by atoms with Gasteiger partial charge >= 0.3 is 0 Å². The first-order valence-corrected chi connectivity index (χ1v) is 9.40. The van der Waals surface area contributed by atoms with Crippen molar-refractivity contribution < 1.29 is 4.79 Å². The number of fused-ring (bicyclic) bond motifs is 1. The van der Waals surface area contributed by atoms with Gasteiger partial charge in [0.2, 0.25) is 0 Å². The van der Waals surface area contributed by atoms with Crippen LogP contribution in [0.2, 0.25) is 0 Å². The second-order valence-electron chi connectivity index (χ2n) is 6.11. The second kappa shape index (κ2) is 8.60. The summed E-state index contributed by atoms with van der Waals surface area (Å²) in [5.74, 6) is 1.32. The van der Waals surface area contributed by atoms with Crippen LogP contribution in [0.5, 0.6) is 0 Å². The second-order valence-corrected chi connectivity index (χ2v) is 6.11. The molecule has 1 unspecified atom stereocenters. The summed E-state index contributed by atoms with van der Waals surface area (Å²) in [6, 6.07) is 15.1. The third-order valence-electron chi connectivity index (χ3n) is 4.16. The maximum atomic E-state index is 12.3. The fourth-order valence-corrected chi connectivity index (χ4v) is 2.90. The van der Waals surface area contributed by atoms with Gasteiger partial charge < -0.3 is 20.9 Å². The zero-order valence-electron chi connectivity index (χ0n) is 15.2. The number of aromatic amines is 1. The van der Waals surface area contributed by atoms with Crippen LogP contribution in [0.15, 0.2) is 54.7 Å². The maximum Gasteiger partial charge on any atom is 0.256 e. The molecule has 3 heterocycles. The summed E-state index contributed by atoms with van der Waals surface area (Å²) in [5.41, 5.74) is 3.39. The molecule has 27 heavy (non-hydrogen) atoms. The van der Waals surface area contributed by atoms with Crippen LogP contribution < -0.4 is 16.0 Å². The number of anilines is 3. The standard InChI is InChI=1S/C19H19N5O.CH3Cl/c1-12-10-20-18-17(22-12)14(11-21-18)15-8-5-9-16(23-15)24-19(25)13-6-3-2-4-7-13;1-2/h2-9,11-12,20-22H,10H2,1H3,(H,23,24,25);1H3. The van der Waals surface area contributed by atoms with Gasteiger partial charge in [-0.3, -0.25) is 4.79 Å². The number of hydrogen-bond donors (Lipinski definition) is 4. The zero-order chi connectivity index (χ0) is 19.2. The van der Waals surface area contributed by atoms with E-state index in [0.717, 1.165) is 29.3 Å². The molecule has 0 fully saturated rings. The molecular formula is C20H22ClN5O. The van der Waals surface area contributed by atoms with E-state index in [1.165, 1.54) is 6.38 Å².